The zero-order valence-corrected chi connectivity index (χ0v) is 15.0. The van der Waals surface area contributed by atoms with Gasteiger partial charge in [-0.05, 0) is 66.1 Å². The van der Waals surface area contributed by atoms with Crippen LogP contribution in [0.25, 0.3) is 0 Å². The molecule has 1 unspecified atom stereocenters. The van der Waals surface area contributed by atoms with E-state index in [4.69, 9.17) is 4.74 Å². The summed E-state index contributed by atoms with van der Waals surface area (Å²) >= 11 is 0. The van der Waals surface area contributed by atoms with Crippen molar-refractivity contribution in [3.8, 4) is 0 Å². The molecule has 21 heavy (non-hydrogen) atoms. The van der Waals surface area contributed by atoms with Crippen LogP contribution in [0.2, 0.25) is 0 Å². The molecule has 1 atom stereocenters. The van der Waals surface area contributed by atoms with Gasteiger partial charge in [-0.2, -0.15) is 0 Å². The lowest BCUT2D eigenvalue weighted by Crippen LogP contribution is -2.51. The van der Waals surface area contributed by atoms with Crippen molar-refractivity contribution in [1.29, 1.82) is 0 Å². The molecule has 0 saturated carbocycles. The first kappa shape index (κ1) is 20.4. The standard InChI is InChI=1S/C17H36N2O2/c1-7-13-18-17(5,16(20)21-10-4)12-11-14-19(6)15(8-2)9-3/h15,18H,7-14H2,1-6H3. The first-order chi connectivity index (χ1) is 9.95. The predicted octanol–water partition coefficient (Wildman–Crippen LogP) is 3.21. The highest BCUT2D eigenvalue weighted by molar-refractivity contribution is 5.80. The largest absolute Gasteiger partial charge is 0.465 e. The second-order valence-electron chi connectivity index (χ2n) is 6.03. The quantitative estimate of drug-likeness (QED) is 0.562. The number of carbonyl (C=O) groups excluding carboxylic acids is 1. The van der Waals surface area contributed by atoms with Gasteiger partial charge in [0.25, 0.3) is 0 Å². The van der Waals surface area contributed by atoms with Crippen molar-refractivity contribution in [2.75, 3.05) is 26.7 Å². The lowest BCUT2D eigenvalue weighted by atomic mass is 9.95. The van der Waals surface area contributed by atoms with E-state index < -0.39 is 5.54 Å². The summed E-state index contributed by atoms with van der Waals surface area (Å²) < 4.78 is 5.24. The SMILES string of the molecule is CCCNC(C)(CCCN(C)C(CC)CC)C(=O)OCC. The molecule has 126 valence electrons. The Kier molecular flexibility index (Phi) is 10.7. The molecule has 0 rings (SSSR count). The van der Waals surface area contributed by atoms with Gasteiger partial charge in [-0.25, -0.2) is 0 Å². The minimum absolute atomic E-state index is 0.122. The molecule has 0 spiro atoms. The molecule has 0 aliphatic rings. The van der Waals surface area contributed by atoms with Gasteiger partial charge >= 0.3 is 5.97 Å². The van der Waals surface area contributed by atoms with Gasteiger partial charge in [-0.3, -0.25) is 4.79 Å². The molecule has 1 N–H and O–H groups in total. The van der Waals surface area contributed by atoms with Gasteiger partial charge in [0.15, 0.2) is 0 Å². The number of hydrogen-bond donors (Lipinski definition) is 1. The highest BCUT2D eigenvalue weighted by atomic mass is 16.5. The van der Waals surface area contributed by atoms with Gasteiger partial charge in [0.2, 0.25) is 0 Å². The first-order valence-electron chi connectivity index (χ1n) is 8.57. The predicted molar refractivity (Wildman–Crippen MR) is 89.6 cm³/mol. The summed E-state index contributed by atoms with van der Waals surface area (Å²) in [4.78, 5) is 14.6. The highest BCUT2D eigenvalue weighted by Crippen LogP contribution is 2.16. The van der Waals surface area contributed by atoms with Crippen LogP contribution in [0.15, 0.2) is 0 Å². The molecule has 0 aliphatic heterocycles. The number of carbonyl (C=O) groups is 1. The van der Waals surface area contributed by atoms with Gasteiger partial charge < -0.3 is 15.0 Å². The first-order valence-corrected chi connectivity index (χ1v) is 8.57. The summed E-state index contributed by atoms with van der Waals surface area (Å²) in [7, 11) is 2.18. The fraction of sp³-hybridized carbons (Fsp3) is 0.941. The average Bonchev–Trinajstić information content (AvgIpc) is 2.46. The van der Waals surface area contributed by atoms with Crippen molar-refractivity contribution in [2.24, 2.45) is 0 Å². The molecule has 0 aliphatic carbocycles. The third-order valence-electron chi connectivity index (χ3n) is 4.24. The normalized spacial score (nSPS) is 14.5. The van der Waals surface area contributed by atoms with Crippen molar-refractivity contribution in [2.45, 2.75) is 78.3 Å². The van der Waals surface area contributed by atoms with E-state index in [0.717, 1.165) is 32.4 Å². The third-order valence-corrected chi connectivity index (χ3v) is 4.24. The maximum Gasteiger partial charge on any atom is 0.326 e. The van der Waals surface area contributed by atoms with Crippen LogP contribution in [0.3, 0.4) is 0 Å². The Labute approximate surface area is 131 Å². The Balaban J connectivity index is 4.44. The number of nitrogens with zero attached hydrogens (tertiary/aromatic N) is 1. The van der Waals surface area contributed by atoms with E-state index in [9.17, 15) is 4.79 Å². The summed E-state index contributed by atoms with van der Waals surface area (Å²) in [6, 6.07) is 0.641. The average molecular weight is 300 g/mol. The summed E-state index contributed by atoms with van der Waals surface area (Å²) in [5.74, 6) is -0.122. The van der Waals surface area contributed by atoms with Crippen LogP contribution < -0.4 is 5.32 Å². The molecule has 0 fully saturated rings. The number of nitrogens with one attached hydrogen (secondary N) is 1. The number of hydrogen-bond acceptors (Lipinski definition) is 4. The Morgan fingerprint density at radius 1 is 1.24 bits per heavy atom. The van der Waals surface area contributed by atoms with Gasteiger partial charge in [0, 0.05) is 6.04 Å². The molecule has 0 aromatic rings. The van der Waals surface area contributed by atoms with Gasteiger partial charge in [0.05, 0.1) is 6.61 Å². The molecule has 0 radical (unpaired) electrons. The molecule has 0 saturated heterocycles. The van der Waals surface area contributed by atoms with E-state index in [1.54, 1.807) is 0 Å². The van der Waals surface area contributed by atoms with E-state index in [-0.39, 0.29) is 5.97 Å². The summed E-state index contributed by atoms with van der Waals surface area (Å²) in [6.45, 7) is 12.7. The smallest absolute Gasteiger partial charge is 0.326 e. The van der Waals surface area contributed by atoms with Crippen molar-refractivity contribution < 1.29 is 9.53 Å². The summed E-state index contributed by atoms with van der Waals surface area (Å²) in [5.41, 5.74) is -0.555. The number of ether oxygens (including phenoxy) is 1. The van der Waals surface area contributed by atoms with Gasteiger partial charge in [-0.15, -0.1) is 0 Å². The number of esters is 1. The lowest BCUT2D eigenvalue weighted by Gasteiger charge is -2.31. The molecule has 0 aromatic carbocycles. The zero-order valence-electron chi connectivity index (χ0n) is 15.0. The fourth-order valence-corrected chi connectivity index (χ4v) is 2.73. The molecule has 4 nitrogen and oxygen atoms in total. The van der Waals surface area contributed by atoms with Crippen molar-refractivity contribution in [1.82, 2.24) is 10.2 Å². The Bertz CT molecular complexity index is 280. The molecule has 0 aromatic heterocycles. The van der Waals surface area contributed by atoms with Crippen molar-refractivity contribution in [3.63, 3.8) is 0 Å². The molecular weight excluding hydrogens is 264 g/mol. The topological polar surface area (TPSA) is 41.6 Å². The van der Waals surface area contributed by atoms with Gasteiger partial charge in [-0.1, -0.05) is 20.8 Å². The monoisotopic (exact) mass is 300 g/mol. The van der Waals surface area contributed by atoms with E-state index in [1.165, 1.54) is 12.8 Å². The minimum Gasteiger partial charge on any atom is -0.465 e. The molecule has 0 bridgehead atoms. The number of rotatable bonds is 12. The second-order valence-corrected chi connectivity index (χ2v) is 6.03. The van der Waals surface area contributed by atoms with Crippen LogP contribution in [0.5, 0.6) is 0 Å². The van der Waals surface area contributed by atoms with Crippen molar-refractivity contribution in [3.05, 3.63) is 0 Å². The van der Waals surface area contributed by atoms with E-state index >= 15 is 0 Å². The Morgan fingerprint density at radius 2 is 1.86 bits per heavy atom. The van der Waals surface area contributed by atoms with E-state index in [2.05, 4.69) is 38.0 Å². The highest BCUT2D eigenvalue weighted by Gasteiger charge is 2.33. The minimum atomic E-state index is -0.555. The maximum absolute atomic E-state index is 12.2. The lowest BCUT2D eigenvalue weighted by molar-refractivity contribution is -0.150. The van der Waals surface area contributed by atoms with Crippen LogP contribution in [0.1, 0.15) is 66.7 Å². The van der Waals surface area contributed by atoms with Crippen molar-refractivity contribution >= 4 is 5.97 Å². The molecule has 0 amide bonds. The summed E-state index contributed by atoms with van der Waals surface area (Å²) in [6.07, 6.45) is 5.18. The third kappa shape index (κ3) is 7.28. The fourth-order valence-electron chi connectivity index (χ4n) is 2.73. The molecule has 0 heterocycles. The maximum atomic E-state index is 12.2. The second kappa shape index (κ2) is 11.0. The van der Waals surface area contributed by atoms with Crippen LogP contribution >= 0.6 is 0 Å². The molecule has 4 heteroatoms. The van der Waals surface area contributed by atoms with Crippen LogP contribution in [-0.2, 0) is 9.53 Å². The van der Waals surface area contributed by atoms with E-state index in [1.807, 2.05) is 13.8 Å². The van der Waals surface area contributed by atoms with Crippen LogP contribution in [0, 0.1) is 0 Å². The summed E-state index contributed by atoms with van der Waals surface area (Å²) in [5, 5.41) is 3.37. The molecular formula is C17H36N2O2. The Morgan fingerprint density at radius 3 is 2.33 bits per heavy atom. The zero-order chi connectivity index (χ0) is 16.3. The van der Waals surface area contributed by atoms with Crippen LogP contribution in [-0.4, -0.2) is 49.2 Å². The van der Waals surface area contributed by atoms with E-state index in [0.29, 0.717) is 12.6 Å². The Hall–Kier alpha value is -0.610. The van der Waals surface area contributed by atoms with Gasteiger partial charge in [0.1, 0.15) is 5.54 Å². The van der Waals surface area contributed by atoms with Crippen LogP contribution in [0.4, 0.5) is 0 Å².